The van der Waals surface area contributed by atoms with Crippen molar-refractivity contribution in [1.82, 2.24) is 10.7 Å². The van der Waals surface area contributed by atoms with Gasteiger partial charge in [0.15, 0.2) is 0 Å². The third kappa shape index (κ3) is 2.66. The second kappa shape index (κ2) is 4.89. The van der Waals surface area contributed by atoms with E-state index in [2.05, 4.69) is 15.8 Å². The molecule has 0 aliphatic carbocycles. The molecule has 0 radical (unpaired) electrons. The fraction of sp³-hybridized carbons (Fsp3) is 0.300. The first kappa shape index (κ1) is 10.8. The van der Waals surface area contributed by atoms with E-state index in [9.17, 15) is 9.59 Å². The summed E-state index contributed by atoms with van der Waals surface area (Å²) in [4.78, 5) is 23.5. The van der Waals surface area contributed by atoms with Crippen LogP contribution in [-0.2, 0) is 16.1 Å². The molecule has 0 saturated carbocycles. The molecule has 5 nitrogen and oxygen atoms in total. The zero-order chi connectivity index (χ0) is 11.4. The fourth-order valence-electron chi connectivity index (χ4n) is 1.32. The van der Waals surface area contributed by atoms with Gasteiger partial charge in [-0.2, -0.15) is 5.10 Å². The molecule has 0 atom stereocenters. The first-order valence-corrected chi connectivity index (χ1v) is 5.79. The van der Waals surface area contributed by atoms with Gasteiger partial charge in [0.05, 0.1) is 6.54 Å². The molecular formula is C10H11N3O2S. The van der Waals surface area contributed by atoms with Crippen LogP contribution in [0.4, 0.5) is 0 Å². The van der Waals surface area contributed by atoms with Gasteiger partial charge >= 0.3 is 0 Å². The number of hydrogen-bond acceptors (Lipinski definition) is 4. The lowest BCUT2D eigenvalue weighted by Gasteiger charge is -2.11. The zero-order valence-electron chi connectivity index (χ0n) is 8.53. The number of carbonyl (C=O) groups is 2. The number of carbonyl (C=O) groups excluding carboxylic acids is 2. The standard InChI is InChI=1S/C10H11N3O2S/c14-9-4-3-8(12-13-9)10(15)11-6-7-2-1-5-16-7/h1-2,5H,3-4,6H2,(H,11,15)(H,13,14). The number of thiophene rings is 1. The van der Waals surface area contributed by atoms with E-state index in [1.165, 1.54) is 0 Å². The second-order valence-electron chi connectivity index (χ2n) is 3.36. The van der Waals surface area contributed by atoms with Gasteiger partial charge in [-0.25, -0.2) is 5.43 Å². The monoisotopic (exact) mass is 237 g/mol. The molecule has 1 aliphatic rings. The van der Waals surface area contributed by atoms with E-state index >= 15 is 0 Å². The first-order valence-electron chi connectivity index (χ1n) is 4.91. The highest BCUT2D eigenvalue weighted by molar-refractivity contribution is 7.09. The molecule has 6 heteroatoms. The summed E-state index contributed by atoms with van der Waals surface area (Å²) in [6, 6.07) is 3.89. The van der Waals surface area contributed by atoms with Crippen molar-refractivity contribution in [3.05, 3.63) is 22.4 Å². The Labute approximate surface area is 96.5 Å². The molecule has 84 valence electrons. The highest BCUT2D eigenvalue weighted by atomic mass is 32.1. The van der Waals surface area contributed by atoms with Gasteiger partial charge < -0.3 is 5.32 Å². The van der Waals surface area contributed by atoms with Crippen LogP contribution in [0.15, 0.2) is 22.6 Å². The van der Waals surface area contributed by atoms with E-state index in [0.29, 0.717) is 25.1 Å². The Morgan fingerprint density at radius 3 is 3.06 bits per heavy atom. The maximum Gasteiger partial charge on any atom is 0.267 e. The highest BCUT2D eigenvalue weighted by Crippen LogP contribution is 2.07. The number of nitrogens with zero attached hydrogens (tertiary/aromatic N) is 1. The van der Waals surface area contributed by atoms with Crippen molar-refractivity contribution in [3.63, 3.8) is 0 Å². The van der Waals surface area contributed by atoms with Gasteiger partial charge in [-0.3, -0.25) is 9.59 Å². The Bertz CT molecular complexity index is 425. The predicted molar refractivity (Wildman–Crippen MR) is 61.0 cm³/mol. The summed E-state index contributed by atoms with van der Waals surface area (Å²) in [6.45, 7) is 0.503. The summed E-state index contributed by atoms with van der Waals surface area (Å²) in [6.07, 6.45) is 0.730. The Balaban J connectivity index is 1.86. The van der Waals surface area contributed by atoms with E-state index in [1.807, 2.05) is 17.5 Å². The van der Waals surface area contributed by atoms with E-state index in [1.54, 1.807) is 11.3 Å². The molecule has 16 heavy (non-hydrogen) atoms. The Morgan fingerprint density at radius 2 is 2.44 bits per heavy atom. The van der Waals surface area contributed by atoms with E-state index in [4.69, 9.17) is 0 Å². The second-order valence-corrected chi connectivity index (χ2v) is 4.39. The molecule has 2 N–H and O–H groups in total. The molecule has 1 aromatic rings. The maximum atomic E-state index is 11.6. The van der Waals surface area contributed by atoms with Crippen LogP contribution in [0.2, 0.25) is 0 Å². The van der Waals surface area contributed by atoms with Crippen LogP contribution < -0.4 is 10.7 Å². The molecule has 1 aromatic heterocycles. The summed E-state index contributed by atoms with van der Waals surface area (Å²) in [7, 11) is 0. The molecule has 0 fully saturated rings. The average molecular weight is 237 g/mol. The van der Waals surface area contributed by atoms with Gasteiger partial charge in [-0.15, -0.1) is 11.3 Å². The zero-order valence-corrected chi connectivity index (χ0v) is 9.34. The molecule has 2 amide bonds. The average Bonchev–Trinajstić information content (AvgIpc) is 2.80. The number of hydrazone groups is 1. The minimum absolute atomic E-state index is 0.144. The lowest BCUT2D eigenvalue weighted by Crippen LogP contribution is -2.36. The van der Waals surface area contributed by atoms with Crippen molar-refractivity contribution in [2.45, 2.75) is 19.4 Å². The summed E-state index contributed by atoms with van der Waals surface area (Å²) < 4.78 is 0. The third-order valence-corrected chi connectivity index (χ3v) is 3.05. The third-order valence-electron chi connectivity index (χ3n) is 2.17. The summed E-state index contributed by atoms with van der Waals surface area (Å²) in [5.41, 5.74) is 2.68. The molecule has 0 unspecified atom stereocenters. The van der Waals surface area contributed by atoms with E-state index in [0.717, 1.165) is 4.88 Å². The van der Waals surface area contributed by atoms with Gasteiger partial charge in [0, 0.05) is 17.7 Å². The van der Waals surface area contributed by atoms with Crippen LogP contribution >= 0.6 is 11.3 Å². The van der Waals surface area contributed by atoms with E-state index in [-0.39, 0.29) is 11.8 Å². The lowest BCUT2D eigenvalue weighted by molar-refractivity contribution is -0.121. The molecule has 0 bridgehead atoms. The molecule has 0 spiro atoms. The van der Waals surface area contributed by atoms with Crippen LogP contribution in [0.5, 0.6) is 0 Å². The van der Waals surface area contributed by atoms with Gasteiger partial charge in [0.2, 0.25) is 5.91 Å². The number of amides is 2. The Hall–Kier alpha value is -1.69. The maximum absolute atomic E-state index is 11.6. The van der Waals surface area contributed by atoms with Crippen molar-refractivity contribution in [1.29, 1.82) is 0 Å². The summed E-state index contributed by atoms with van der Waals surface area (Å²) in [5, 5.41) is 8.44. The number of rotatable bonds is 3. The van der Waals surface area contributed by atoms with Gasteiger partial charge in [-0.1, -0.05) is 6.07 Å². The Morgan fingerprint density at radius 1 is 1.56 bits per heavy atom. The largest absolute Gasteiger partial charge is 0.346 e. The van der Waals surface area contributed by atoms with E-state index < -0.39 is 0 Å². The van der Waals surface area contributed by atoms with Crippen LogP contribution in [0.25, 0.3) is 0 Å². The van der Waals surface area contributed by atoms with Crippen molar-refractivity contribution in [3.8, 4) is 0 Å². The molecule has 1 aliphatic heterocycles. The minimum atomic E-state index is -0.214. The summed E-state index contributed by atoms with van der Waals surface area (Å²) >= 11 is 1.59. The first-order chi connectivity index (χ1) is 7.75. The van der Waals surface area contributed by atoms with Crippen LogP contribution in [0, 0.1) is 0 Å². The molecule has 0 saturated heterocycles. The molecule has 2 heterocycles. The van der Waals surface area contributed by atoms with Crippen LogP contribution in [0.1, 0.15) is 17.7 Å². The van der Waals surface area contributed by atoms with Crippen molar-refractivity contribution in [2.24, 2.45) is 5.10 Å². The Kier molecular flexibility index (Phi) is 3.31. The number of hydrogen-bond donors (Lipinski definition) is 2. The lowest BCUT2D eigenvalue weighted by atomic mass is 10.1. The van der Waals surface area contributed by atoms with Gasteiger partial charge in [-0.05, 0) is 11.4 Å². The van der Waals surface area contributed by atoms with Crippen molar-refractivity contribution >= 4 is 28.9 Å². The normalized spacial score (nSPS) is 15.2. The quantitative estimate of drug-likeness (QED) is 0.809. The summed E-state index contributed by atoms with van der Waals surface area (Å²) in [5.74, 6) is -0.358. The SMILES string of the molecule is O=C1CCC(C(=O)NCc2cccs2)=NN1. The van der Waals surface area contributed by atoms with Crippen LogP contribution in [0.3, 0.4) is 0 Å². The molecule has 0 aromatic carbocycles. The van der Waals surface area contributed by atoms with Crippen molar-refractivity contribution in [2.75, 3.05) is 0 Å². The highest BCUT2D eigenvalue weighted by Gasteiger charge is 2.17. The van der Waals surface area contributed by atoms with Gasteiger partial charge in [0.1, 0.15) is 5.71 Å². The van der Waals surface area contributed by atoms with Crippen molar-refractivity contribution < 1.29 is 9.59 Å². The van der Waals surface area contributed by atoms with Crippen LogP contribution in [-0.4, -0.2) is 17.5 Å². The smallest absolute Gasteiger partial charge is 0.267 e. The minimum Gasteiger partial charge on any atom is -0.346 e. The molecule has 2 rings (SSSR count). The van der Waals surface area contributed by atoms with Gasteiger partial charge in [0.25, 0.3) is 5.91 Å². The topological polar surface area (TPSA) is 70.6 Å². The molecular weight excluding hydrogens is 226 g/mol. The fourth-order valence-corrected chi connectivity index (χ4v) is 1.97. The predicted octanol–water partition coefficient (Wildman–Crippen LogP) is 0.630. The number of nitrogens with one attached hydrogen (secondary N) is 2.